The van der Waals surface area contributed by atoms with Gasteiger partial charge in [0.25, 0.3) is 0 Å². The summed E-state index contributed by atoms with van der Waals surface area (Å²) >= 11 is 0. The average Bonchev–Trinajstić information content (AvgIpc) is 3.30. The van der Waals surface area contributed by atoms with Crippen LogP contribution in [0.5, 0.6) is 0 Å². The minimum absolute atomic E-state index is 0.0588. The minimum Gasteiger partial charge on any atom is -0.355 e. The normalized spacial score (nSPS) is 22.7. The molecule has 1 aromatic heterocycles. The van der Waals surface area contributed by atoms with Crippen molar-refractivity contribution in [3.05, 3.63) is 65.5 Å². The van der Waals surface area contributed by atoms with Crippen molar-refractivity contribution in [1.82, 2.24) is 15.6 Å². The molecule has 4 rings (SSSR count). The summed E-state index contributed by atoms with van der Waals surface area (Å²) in [5.41, 5.74) is 3.76. The van der Waals surface area contributed by atoms with Gasteiger partial charge in [-0.3, -0.25) is 14.6 Å². The number of rotatable bonds is 6. The predicted octanol–water partition coefficient (Wildman–Crippen LogP) is 2.11. The van der Waals surface area contributed by atoms with Gasteiger partial charge in [-0.25, -0.2) is 0 Å². The number of carbonyl (C=O) groups excluding carboxylic acids is 2. The van der Waals surface area contributed by atoms with Crippen LogP contribution in [-0.4, -0.2) is 23.3 Å². The number of amides is 2. The molecule has 134 valence electrons. The lowest BCUT2D eigenvalue weighted by Gasteiger charge is -2.12. The lowest BCUT2D eigenvalue weighted by atomic mass is 9.95. The monoisotopic (exact) mass is 349 g/mol. The maximum absolute atomic E-state index is 12.5. The van der Waals surface area contributed by atoms with E-state index in [1.165, 1.54) is 11.1 Å². The van der Waals surface area contributed by atoms with Gasteiger partial charge in [-0.1, -0.05) is 30.3 Å². The third kappa shape index (κ3) is 3.21. The summed E-state index contributed by atoms with van der Waals surface area (Å²) in [6.07, 6.45) is 6.79. The van der Waals surface area contributed by atoms with Crippen molar-refractivity contribution in [2.75, 3.05) is 6.54 Å². The van der Waals surface area contributed by atoms with Gasteiger partial charge in [0.15, 0.2) is 0 Å². The van der Waals surface area contributed by atoms with Crippen LogP contribution in [0.3, 0.4) is 0 Å². The van der Waals surface area contributed by atoms with Crippen LogP contribution in [0.2, 0.25) is 0 Å². The van der Waals surface area contributed by atoms with Crippen LogP contribution < -0.4 is 10.6 Å². The zero-order valence-corrected chi connectivity index (χ0v) is 14.7. The van der Waals surface area contributed by atoms with Crippen molar-refractivity contribution in [2.45, 2.75) is 37.6 Å². The average molecular weight is 349 g/mol. The lowest BCUT2D eigenvalue weighted by Crippen LogP contribution is -2.32. The molecule has 0 saturated heterocycles. The molecule has 2 atom stereocenters. The van der Waals surface area contributed by atoms with Crippen LogP contribution in [0.15, 0.2) is 48.8 Å². The topological polar surface area (TPSA) is 71.1 Å². The largest absolute Gasteiger partial charge is 0.355 e. The number of aryl methyl sites for hydroxylation is 1. The summed E-state index contributed by atoms with van der Waals surface area (Å²) in [5.74, 6) is 0.0808. The van der Waals surface area contributed by atoms with E-state index in [9.17, 15) is 9.59 Å². The molecule has 1 fully saturated rings. The van der Waals surface area contributed by atoms with Gasteiger partial charge in [-0.05, 0) is 42.0 Å². The van der Waals surface area contributed by atoms with E-state index in [4.69, 9.17) is 0 Å². The Morgan fingerprint density at radius 2 is 2.04 bits per heavy atom. The highest BCUT2D eigenvalue weighted by Crippen LogP contribution is 2.61. The quantitative estimate of drug-likeness (QED) is 0.839. The summed E-state index contributed by atoms with van der Waals surface area (Å²) < 4.78 is 0. The number of hydrogen-bond donors (Lipinski definition) is 2. The van der Waals surface area contributed by atoms with E-state index >= 15 is 0 Å². The first-order valence-corrected chi connectivity index (χ1v) is 9.21. The first kappa shape index (κ1) is 16.8. The van der Waals surface area contributed by atoms with E-state index in [0.717, 1.165) is 24.8 Å². The maximum Gasteiger partial charge on any atom is 0.224 e. The molecular formula is C21H23N3O2. The number of nitrogens with zero attached hydrogens (tertiary/aromatic N) is 1. The fraction of sp³-hybridized carbons (Fsp3) is 0.381. The number of carbonyl (C=O) groups is 2. The standard InChI is InChI=1S/C21H23N3O2/c25-19(24-14-15-4-3-10-22-13-15)8-11-23-20(26)18-12-21(18)9-7-16-5-1-2-6-17(16)21/h1-6,10,13,18H,7-9,11-12,14H2,(H,23,26)(H,24,25). The van der Waals surface area contributed by atoms with Crippen molar-refractivity contribution in [2.24, 2.45) is 5.92 Å². The Kier molecular flexibility index (Phi) is 4.45. The van der Waals surface area contributed by atoms with Crippen molar-refractivity contribution < 1.29 is 9.59 Å². The minimum atomic E-state index is -0.0640. The molecule has 1 saturated carbocycles. The van der Waals surface area contributed by atoms with Gasteiger partial charge in [-0.2, -0.15) is 0 Å². The van der Waals surface area contributed by atoms with Crippen molar-refractivity contribution in [3.8, 4) is 0 Å². The summed E-state index contributed by atoms with van der Waals surface area (Å²) in [4.78, 5) is 28.4. The smallest absolute Gasteiger partial charge is 0.224 e. The number of aromatic nitrogens is 1. The van der Waals surface area contributed by atoms with Crippen molar-refractivity contribution in [3.63, 3.8) is 0 Å². The molecule has 5 heteroatoms. The maximum atomic E-state index is 12.5. The van der Waals surface area contributed by atoms with E-state index in [1.54, 1.807) is 12.4 Å². The van der Waals surface area contributed by atoms with Gasteiger partial charge in [0.05, 0.1) is 0 Å². The number of benzene rings is 1. The molecule has 2 amide bonds. The van der Waals surface area contributed by atoms with Gasteiger partial charge in [0.1, 0.15) is 0 Å². The third-order valence-electron chi connectivity index (χ3n) is 5.65. The molecule has 5 nitrogen and oxygen atoms in total. The van der Waals surface area contributed by atoms with Crippen LogP contribution in [0.1, 0.15) is 36.0 Å². The fourth-order valence-corrected chi connectivity index (χ4v) is 4.15. The molecule has 2 aliphatic rings. The Labute approximate surface area is 153 Å². The van der Waals surface area contributed by atoms with Crippen LogP contribution in [0, 0.1) is 5.92 Å². The van der Waals surface area contributed by atoms with E-state index < -0.39 is 0 Å². The lowest BCUT2D eigenvalue weighted by molar-refractivity contribution is -0.123. The Bertz CT molecular complexity index is 821. The summed E-state index contributed by atoms with van der Waals surface area (Å²) in [6.45, 7) is 0.842. The molecule has 1 spiro atoms. The van der Waals surface area contributed by atoms with Crippen LogP contribution >= 0.6 is 0 Å². The first-order chi connectivity index (χ1) is 12.7. The van der Waals surface area contributed by atoms with Gasteiger partial charge in [-0.15, -0.1) is 0 Å². The van der Waals surface area contributed by atoms with Gasteiger partial charge in [0.2, 0.25) is 11.8 Å². The molecule has 26 heavy (non-hydrogen) atoms. The number of hydrogen-bond acceptors (Lipinski definition) is 3. The summed E-state index contributed by atoms with van der Waals surface area (Å²) in [5, 5.41) is 5.79. The van der Waals surface area contributed by atoms with Crippen molar-refractivity contribution in [1.29, 1.82) is 0 Å². The number of nitrogens with one attached hydrogen (secondary N) is 2. The van der Waals surface area contributed by atoms with Crippen LogP contribution in [0.25, 0.3) is 0 Å². The summed E-state index contributed by atoms with van der Waals surface area (Å²) in [6, 6.07) is 12.2. The highest BCUT2D eigenvalue weighted by atomic mass is 16.2. The molecule has 1 aromatic carbocycles. The van der Waals surface area contributed by atoms with Crippen molar-refractivity contribution >= 4 is 11.8 Å². The van der Waals surface area contributed by atoms with E-state index in [0.29, 0.717) is 19.5 Å². The molecule has 2 unspecified atom stereocenters. The third-order valence-corrected chi connectivity index (χ3v) is 5.65. The fourth-order valence-electron chi connectivity index (χ4n) is 4.15. The molecule has 1 heterocycles. The Balaban J connectivity index is 1.22. The molecule has 0 bridgehead atoms. The molecular weight excluding hydrogens is 326 g/mol. The Morgan fingerprint density at radius 3 is 2.88 bits per heavy atom. The van der Waals surface area contributed by atoms with Gasteiger partial charge >= 0.3 is 0 Å². The molecule has 0 aliphatic heterocycles. The number of fused-ring (bicyclic) bond motifs is 2. The van der Waals surface area contributed by atoms with Gasteiger partial charge < -0.3 is 10.6 Å². The second-order valence-corrected chi connectivity index (χ2v) is 7.25. The Morgan fingerprint density at radius 1 is 1.15 bits per heavy atom. The second-order valence-electron chi connectivity index (χ2n) is 7.25. The molecule has 2 aliphatic carbocycles. The first-order valence-electron chi connectivity index (χ1n) is 9.21. The zero-order chi connectivity index (χ0) is 18.0. The van der Waals surface area contributed by atoms with E-state index in [2.05, 4.69) is 39.9 Å². The number of pyridine rings is 1. The van der Waals surface area contributed by atoms with Crippen LogP contribution in [0.4, 0.5) is 0 Å². The SMILES string of the molecule is O=C(CCNC(=O)C1CC12CCc1ccccc12)NCc1cccnc1. The summed E-state index contributed by atoms with van der Waals surface area (Å²) in [7, 11) is 0. The molecule has 0 radical (unpaired) electrons. The van der Waals surface area contributed by atoms with Crippen LogP contribution in [-0.2, 0) is 28.0 Å². The highest BCUT2D eigenvalue weighted by molar-refractivity contribution is 5.85. The zero-order valence-electron chi connectivity index (χ0n) is 14.7. The Hall–Kier alpha value is -2.69. The van der Waals surface area contributed by atoms with E-state index in [1.807, 2.05) is 12.1 Å². The highest BCUT2D eigenvalue weighted by Gasteiger charge is 2.61. The van der Waals surface area contributed by atoms with E-state index in [-0.39, 0.29) is 23.1 Å². The predicted molar refractivity (Wildman–Crippen MR) is 98.3 cm³/mol. The van der Waals surface area contributed by atoms with Gasteiger partial charge in [0, 0.05) is 43.2 Å². The molecule has 2 N–H and O–H groups in total. The molecule has 2 aromatic rings. The second kappa shape index (κ2) is 6.90.